The predicted octanol–water partition coefficient (Wildman–Crippen LogP) is -3.85. The van der Waals surface area contributed by atoms with E-state index in [0.29, 0.717) is 57.8 Å². The van der Waals surface area contributed by atoms with Crippen molar-refractivity contribution in [2.75, 3.05) is 19.8 Å². The van der Waals surface area contributed by atoms with Crippen LogP contribution in [0, 0.1) is 50.2 Å². The van der Waals surface area contributed by atoms with Crippen molar-refractivity contribution >= 4 is 24.2 Å². The van der Waals surface area contributed by atoms with Crippen LogP contribution in [0.4, 0.5) is 0 Å². The third-order valence-corrected chi connectivity index (χ3v) is 25.4. The molecule has 6 heterocycles. The Hall–Kier alpha value is -3.22. The highest BCUT2D eigenvalue weighted by atomic mass is 16.8. The average molecular weight is 1440 g/mol. The molecule has 6 saturated heterocycles. The summed E-state index contributed by atoms with van der Waals surface area (Å²) in [6, 6.07) is 0. The quantitative estimate of drug-likeness (QED) is 0.0287. The van der Waals surface area contributed by atoms with Gasteiger partial charge in [0, 0.05) is 6.92 Å². The normalized spacial score (nSPS) is 53.2. The van der Waals surface area contributed by atoms with Crippen LogP contribution < -0.4 is 0 Å². The first-order chi connectivity index (χ1) is 46.8. The summed E-state index contributed by atoms with van der Waals surface area (Å²) in [6.07, 6.45) is -45.3. The first kappa shape index (κ1) is 77.9. The molecule has 570 valence electrons. The molecule has 0 aromatic rings. The second kappa shape index (κ2) is 29.2. The van der Waals surface area contributed by atoms with Crippen molar-refractivity contribution in [2.24, 2.45) is 50.2 Å². The predicted molar refractivity (Wildman–Crippen MR) is 330 cm³/mol. The molecule has 4 saturated carbocycles. The number of carbonyl (C=O) groups is 4. The monoisotopic (exact) mass is 1440 g/mol. The molecular weight excluding hydrogens is 1330 g/mol. The molecule has 38 atom stereocenters. The first-order valence-electron chi connectivity index (χ1n) is 34.9. The number of aliphatic hydroxyl groups is 15. The Morgan fingerprint density at radius 1 is 0.550 bits per heavy atom. The van der Waals surface area contributed by atoms with Crippen LogP contribution in [0.15, 0.2) is 11.6 Å². The molecule has 5 aliphatic carbocycles. The molecule has 0 spiro atoms. The zero-order valence-corrected chi connectivity index (χ0v) is 57.5. The number of aldehydes is 1. The summed E-state index contributed by atoms with van der Waals surface area (Å²) in [5, 5.41) is 175. The van der Waals surface area contributed by atoms with E-state index >= 15 is 4.79 Å². The van der Waals surface area contributed by atoms with Crippen molar-refractivity contribution in [2.45, 2.75) is 311 Å². The molecule has 100 heavy (non-hydrogen) atoms. The molecule has 6 aliphatic heterocycles. The number of carboxylic acids is 1. The lowest BCUT2D eigenvalue weighted by Crippen LogP contribution is -2.68. The lowest BCUT2D eigenvalue weighted by atomic mass is 9.33. The van der Waals surface area contributed by atoms with Gasteiger partial charge in [-0.15, -0.1) is 0 Å². The van der Waals surface area contributed by atoms with Gasteiger partial charge >= 0.3 is 17.9 Å². The van der Waals surface area contributed by atoms with Gasteiger partial charge in [0.25, 0.3) is 0 Å². The fourth-order valence-electron chi connectivity index (χ4n) is 19.1. The number of esters is 2. The Bertz CT molecular complexity index is 2940. The van der Waals surface area contributed by atoms with Gasteiger partial charge in [0.05, 0.1) is 42.4 Å². The summed E-state index contributed by atoms with van der Waals surface area (Å²) < 4.78 is 77.9. The van der Waals surface area contributed by atoms with Crippen LogP contribution in [0.25, 0.3) is 0 Å². The molecule has 0 amide bonds. The highest BCUT2D eigenvalue weighted by Crippen LogP contribution is 2.76. The Labute approximate surface area is 577 Å². The van der Waals surface area contributed by atoms with Gasteiger partial charge in [0.15, 0.2) is 43.7 Å². The number of carboxylic acid groups (broad SMARTS) is 1. The number of allylic oxidation sites excluding steroid dienone is 2. The third kappa shape index (κ3) is 13.5. The number of fused-ring (bicyclic) bond motifs is 7. The number of hydrogen-bond acceptors (Lipinski definition) is 32. The fraction of sp³-hybridized carbons (Fsp3) is 0.910. The van der Waals surface area contributed by atoms with E-state index in [0.717, 1.165) is 18.8 Å². The summed E-state index contributed by atoms with van der Waals surface area (Å²) in [5.74, 6) is -3.96. The second-order valence-corrected chi connectivity index (χ2v) is 31.7. The molecule has 33 heteroatoms. The fourth-order valence-corrected chi connectivity index (χ4v) is 19.1. The summed E-state index contributed by atoms with van der Waals surface area (Å²) in [6.45, 7) is 14.7. The van der Waals surface area contributed by atoms with Gasteiger partial charge in [0.2, 0.25) is 6.29 Å². The number of hydrogen-bond donors (Lipinski definition) is 16. The molecule has 16 N–H and O–H groups in total. The number of ether oxygens (including phenoxy) is 13. The van der Waals surface area contributed by atoms with Crippen LogP contribution >= 0.6 is 0 Å². The zero-order chi connectivity index (χ0) is 73.2. The molecule has 0 radical (unpaired) electrons. The summed E-state index contributed by atoms with van der Waals surface area (Å²) >= 11 is 0. The zero-order valence-electron chi connectivity index (χ0n) is 57.5. The van der Waals surface area contributed by atoms with Gasteiger partial charge < -0.3 is 148 Å². The minimum atomic E-state index is -2.11. The molecule has 11 rings (SSSR count). The minimum absolute atomic E-state index is 0.0710. The summed E-state index contributed by atoms with van der Waals surface area (Å²) in [4.78, 5) is 54.0. The highest BCUT2D eigenvalue weighted by molar-refractivity contribution is 5.79. The van der Waals surface area contributed by atoms with E-state index in [9.17, 15) is 96.1 Å². The topological polar surface area (TPSA) is 512 Å². The van der Waals surface area contributed by atoms with Crippen LogP contribution in [-0.4, -0.2) is 310 Å². The van der Waals surface area contributed by atoms with Gasteiger partial charge in [0.1, 0.15) is 129 Å². The standard InChI is InChI=1S/C67H104O33/c1-25-36(72)42(78)52(99-58-48(84)50(49(26(2)91-58)95-55-45(81)37(73)30(71)22-89-55)96-57-47(83)41(77)39(75)32(93-57)23-88-27(3)70)59(90-25)100-61(87)67-18-16-62(4,5)20-29(67)28-10-11-34-63(6)14-13-35(64(7,24-69)33(63)12-15-66(34,9)65(28,8)17-19-67)94-60-53(44(80)43(79)51(97-60)54(85)86)98-56-46(82)40(76)38(74)31(21-68)92-56/h10,24-26,29-53,55-60,68,71-84H,11-23H2,1-9H3,(H,85,86)/t25-,26+,29+,30-,31-,32-,33-,34-,35+,36+,37+,38+,39-,40+,41+,42+,43+,44+,45-,46-,47-,48-,49+,50+,51+,52-,53-,55+,56+,57+,58+,59+,60-,63+,64+,65-,66-,67+/m1/s1. The number of rotatable bonds is 17. The summed E-state index contributed by atoms with van der Waals surface area (Å²) in [7, 11) is 0. The van der Waals surface area contributed by atoms with E-state index < -0.39 is 255 Å². The van der Waals surface area contributed by atoms with Crippen LogP contribution in [0.2, 0.25) is 0 Å². The second-order valence-electron chi connectivity index (χ2n) is 31.7. The molecule has 0 aromatic heterocycles. The van der Waals surface area contributed by atoms with Crippen molar-refractivity contribution in [3.05, 3.63) is 11.6 Å². The van der Waals surface area contributed by atoms with E-state index in [2.05, 4.69) is 40.7 Å². The van der Waals surface area contributed by atoms with E-state index in [1.165, 1.54) is 13.8 Å². The van der Waals surface area contributed by atoms with Crippen molar-refractivity contribution in [1.29, 1.82) is 0 Å². The van der Waals surface area contributed by atoms with E-state index in [1.807, 2.05) is 0 Å². The Morgan fingerprint density at radius 2 is 1.12 bits per heavy atom. The van der Waals surface area contributed by atoms with Crippen LogP contribution in [0.5, 0.6) is 0 Å². The smallest absolute Gasteiger partial charge is 0.335 e. The van der Waals surface area contributed by atoms with Gasteiger partial charge in [-0.05, 0) is 117 Å². The van der Waals surface area contributed by atoms with Crippen molar-refractivity contribution in [3.8, 4) is 0 Å². The molecular formula is C67H104O33. The lowest BCUT2D eigenvalue weighted by Gasteiger charge is -2.71. The summed E-state index contributed by atoms with van der Waals surface area (Å²) in [5.41, 5.74) is -3.29. The minimum Gasteiger partial charge on any atom is -0.479 e. The number of aliphatic carboxylic acids is 1. The molecule has 0 aromatic carbocycles. The Kier molecular flexibility index (Phi) is 22.7. The van der Waals surface area contributed by atoms with Gasteiger partial charge in [-0.1, -0.05) is 53.2 Å². The Morgan fingerprint density at radius 3 is 1.75 bits per heavy atom. The van der Waals surface area contributed by atoms with Gasteiger partial charge in [-0.25, -0.2) is 4.79 Å². The van der Waals surface area contributed by atoms with Gasteiger partial charge in [-0.2, -0.15) is 0 Å². The van der Waals surface area contributed by atoms with Crippen molar-refractivity contribution < 1.29 is 162 Å². The maximum atomic E-state index is 15.8. The molecule has 33 nitrogen and oxygen atoms in total. The molecule has 11 aliphatic rings. The largest absolute Gasteiger partial charge is 0.479 e. The maximum Gasteiger partial charge on any atom is 0.335 e. The van der Waals surface area contributed by atoms with E-state index in [4.69, 9.17) is 61.6 Å². The van der Waals surface area contributed by atoms with Gasteiger partial charge in [-0.3, -0.25) is 9.59 Å². The SMILES string of the molecule is CC(=O)OC[C@H]1O[C@@H](O[C@H]2[C@@H](O)[C@H](O[C@H]3[C@H](OC(=O)[C@]45CCC(C)(C)C[C@H]4C4=CC[C@@H]6[C@@]7(C)CC[C@H](O[C@@H]8O[C@H](C(=O)O)[C@@H](O)[C@H](O)[C@H]8O[C@@H]8O[C@H](CO)[C@H](O)[C@H](O)[C@H]8O)[C@@](C)(C=O)[C@@H]7CC[C@@]6(C)[C@]4(C)CC5)O[C@H](C)[C@H](O)[C@@H]3O)O[C@@H](C)[C@@H]2O[C@@H]2OC[C@@H](O)[C@H](O)[C@H]2O)[C@H](O)[C@@H](O)[C@@H]1O. The maximum absolute atomic E-state index is 15.8. The number of carbonyl (C=O) groups excluding carboxylic acids is 3. The third-order valence-electron chi connectivity index (χ3n) is 25.4. The highest BCUT2D eigenvalue weighted by Gasteiger charge is 2.71. The van der Waals surface area contributed by atoms with Crippen LogP contribution in [0.1, 0.15) is 127 Å². The van der Waals surface area contributed by atoms with Crippen molar-refractivity contribution in [3.63, 3.8) is 0 Å². The lowest BCUT2D eigenvalue weighted by molar-refractivity contribution is -0.394. The van der Waals surface area contributed by atoms with Crippen LogP contribution in [-0.2, 0) is 80.8 Å². The average Bonchev–Trinajstić information content (AvgIpc) is 0.675. The molecule has 0 bridgehead atoms. The first-order valence-corrected chi connectivity index (χ1v) is 34.9. The van der Waals surface area contributed by atoms with E-state index in [1.54, 1.807) is 6.92 Å². The van der Waals surface area contributed by atoms with Crippen LogP contribution in [0.3, 0.4) is 0 Å². The molecule has 0 unspecified atom stereocenters. The molecule has 10 fully saturated rings. The number of aliphatic hydroxyl groups excluding tert-OH is 15. The van der Waals surface area contributed by atoms with E-state index in [-0.39, 0.29) is 23.7 Å². The Balaban J connectivity index is 0.844. The van der Waals surface area contributed by atoms with Crippen molar-refractivity contribution in [1.82, 2.24) is 0 Å².